The fourth-order valence-electron chi connectivity index (χ4n) is 2.91. The second kappa shape index (κ2) is 9.50. The molecule has 6 heteroatoms. The molecular formula is C23H23N3O3. The molecule has 0 spiro atoms. The number of methoxy groups -OCH3 is 1. The molecule has 1 N–H and O–H groups in total. The zero-order valence-corrected chi connectivity index (χ0v) is 16.5. The summed E-state index contributed by atoms with van der Waals surface area (Å²) in [5.74, 6) is -0.461. The van der Waals surface area contributed by atoms with Gasteiger partial charge in [0.1, 0.15) is 0 Å². The van der Waals surface area contributed by atoms with Gasteiger partial charge in [0.2, 0.25) is 0 Å². The zero-order chi connectivity index (χ0) is 20.6. The van der Waals surface area contributed by atoms with Gasteiger partial charge in [-0.15, -0.1) is 0 Å². The van der Waals surface area contributed by atoms with E-state index < -0.39 is 0 Å². The predicted octanol–water partition coefficient (Wildman–Crippen LogP) is 4.27. The van der Waals surface area contributed by atoms with Crippen LogP contribution in [0.25, 0.3) is 0 Å². The van der Waals surface area contributed by atoms with Gasteiger partial charge in [0.05, 0.1) is 30.1 Å². The van der Waals surface area contributed by atoms with Crippen LogP contribution in [0.3, 0.4) is 0 Å². The molecule has 0 fully saturated rings. The van der Waals surface area contributed by atoms with Crippen LogP contribution in [0, 0.1) is 0 Å². The van der Waals surface area contributed by atoms with E-state index in [9.17, 15) is 9.59 Å². The number of nitrogens with zero attached hydrogens (tertiary/aromatic N) is 2. The number of anilines is 2. The van der Waals surface area contributed by atoms with Gasteiger partial charge in [0.15, 0.2) is 0 Å². The number of ether oxygens (including phenoxy) is 1. The molecule has 0 unspecified atom stereocenters. The molecule has 0 saturated heterocycles. The first kappa shape index (κ1) is 20.1. The maximum Gasteiger partial charge on any atom is 0.337 e. The molecule has 0 atom stereocenters. The minimum Gasteiger partial charge on any atom is -0.465 e. The third kappa shape index (κ3) is 5.19. The number of hydrogen-bond acceptors (Lipinski definition) is 5. The summed E-state index contributed by atoms with van der Waals surface area (Å²) in [6, 6.07) is 18.6. The van der Waals surface area contributed by atoms with Crippen LogP contribution in [0.1, 0.15) is 33.2 Å². The first-order valence-electron chi connectivity index (χ1n) is 9.34. The van der Waals surface area contributed by atoms with Gasteiger partial charge in [-0.05, 0) is 42.8 Å². The molecule has 3 aromatic rings. The van der Waals surface area contributed by atoms with Crippen LogP contribution in [0.2, 0.25) is 0 Å². The standard InChI is InChI=1S/C23H23N3O3/c1-3-26(16-17-7-5-4-6-8-17)22(27)19-13-21(15-24-14-19)25-20-11-9-18(10-12-20)23(28)29-2/h4-15,25H,3,16H2,1-2H3. The van der Waals surface area contributed by atoms with Crippen LogP contribution in [0.5, 0.6) is 0 Å². The average Bonchev–Trinajstić information content (AvgIpc) is 2.78. The van der Waals surface area contributed by atoms with Gasteiger partial charge in [-0.2, -0.15) is 0 Å². The first-order chi connectivity index (χ1) is 14.1. The SMILES string of the molecule is CCN(Cc1ccccc1)C(=O)c1cncc(Nc2ccc(C(=O)OC)cc2)c1. The van der Waals surface area contributed by atoms with E-state index in [1.54, 1.807) is 47.6 Å². The Bertz CT molecular complexity index is 972. The van der Waals surface area contributed by atoms with Gasteiger partial charge in [0, 0.05) is 25.0 Å². The molecule has 0 aliphatic heterocycles. The molecule has 6 nitrogen and oxygen atoms in total. The van der Waals surface area contributed by atoms with Gasteiger partial charge in [0.25, 0.3) is 5.91 Å². The predicted molar refractivity (Wildman–Crippen MR) is 112 cm³/mol. The topological polar surface area (TPSA) is 71.5 Å². The Morgan fingerprint density at radius 1 is 0.966 bits per heavy atom. The van der Waals surface area contributed by atoms with E-state index in [0.717, 1.165) is 11.3 Å². The van der Waals surface area contributed by atoms with Crippen LogP contribution in [-0.2, 0) is 11.3 Å². The van der Waals surface area contributed by atoms with Crippen molar-refractivity contribution >= 4 is 23.3 Å². The second-order valence-electron chi connectivity index (χ2n) is 6.46. The first-order valence-corrected chi connectivity index (χ1v) is 9.34. The summed E-state index contributed by atoms with van der Waals surface area (Å²) < 4.78 is 4.70. The number of amides is 1. The highest BCUT2D eigenvalue weighted by Gasteiger charge is 2.15. The summed E-state index contributed by atoms with van der Waals surface area (Å²) >= 11 is 0. The van der Waals surface area contributed by atoms with E-state index in [0.29, 0.717) is 29.9 Å². The van der Waals surface area contributed by atoms with Crippen molar-refractivity contribution in [3.05, 3.63) is 89.7 Å². The highest BCUT2D eigenvalue weighted by molar-refractivity contribution is 5.95. The van der Waals surface area contributed by atoms with Gasteiger partial charge in [-0.25, -0.2) is 4.79 Å². The quantitative estimate of drug-likeness (QED) is 0.611. The lowest BCUT2D eigenvalue weighted by Crippen LogP contribution is -2.30. The molecule has 2 aromatic carbocycles. The Morgan fingerprint density at radius 2 is 1.69 bits per heavy atom. The monoisotopic (exact) mass is 389 g/mol. The Labute approximate surface area is 170 Å². The van der Waals surface area contributed by atoms with E-state index in [2.05, 4.69) is 10.3 Å². The maximum atomic E-state index is 12.9. The number of carbonyl (C=O) groups is 2. The highest BCUT2D eigenvalue weighted by atomic mass is 16.5. The number of hydrogen-bond donors (Lipinski definition) is 1. The molecule has 0 radical (unpaired) electrons. The Hall–Kier alpha value is -3.67. The summed E-state index contributed by atoms with van der Waals surface area (Å²) in [4.78, 5) is 30.5. The molecule has 148 valence electrons. The molecule has 0 saturated carbocycles. The molecule has 1 amide bonds. The molecule has 0 bridgehead atoms. The van der Waals surface area contributed by atoms with Crippen molar-refractivity contribution in [3.8, 4) is 0 Å². The lowest BCUT2D eigenvalue weighted by Gasteiger charge is -2.21. The number of pyridine rings is 1. The van der Waals surface area contributed by atoms with Gasteiger partial charge < -0.3 is 15.0 Å². The number of esters is 1. The van der Waals surface area contributed by atoms with Crippen molar-refractivity contribution in [2.75, 3.05) is 19.0 Å². The molecule has 0 aliphatic rings. The lowest BCUT2D eigenvalue weighted by molar-refractivity contribution is 0.0600. The summed E-state index contributed by atoms with van der Waals surface area (Å²) in [5, 5.41) is 3.20. The summed E-state index contributed by atoms with van der Waals surface area (Å²) in [6.07, 6.45) is 3.22. The van der Waals surface area contributed by atoms with Crippen molar-refractivity contribution < 1.29 is 14.3 Å². The van der Waals surface area contributed by atoms with Crippen molar-refractivity contribution in [2.45, 2.75) is 13.5 Å². The van der Waals surface area contributed by atoms with E-state index in [1.165, 1.54) is 7.11 Å². The Kier molecular flexibility index (Phi) is 6.58. The van der Waals surface area contributed by atoms with Gasteiger partial charge in [-0.3, -0.25) is 9.78 Å². The smallest absolute Gasteiger partial charge is 0.337 e. The number of rotatable bonds is 7. The normalized spacial score (nSPS) is 10.3. The van der Waals surface area contributed by atoms with E-state index >= 15 is 0 Å². The van der Waals surface area contributed by atoms with E-state index in [1.807, 2.05) is 37.3 Å². The van der Waals surface area contributed by atoms with Crippen LogP contribution >= 0.6 is 0 Å². The number of aromatic nitrogens is 1. The van der Waals surface area contributed by atoms with Crippen LogP contribution in [0.4, 0.5) is 11.4 Å². The van der Waals surface area contributed by atoms with Gasteiger partial charge in [-0.1, -0.05) is 30.3 Å². The van der Waals surface area contributed by atoms with Crippen molar-refractivity contribution in [1.82, 2.24) is 9.88 Å². The largest absolute Gasteiger partial charge is 0.465 e. The Morgan fingerprint density at radius 3 is 2.34 bits per heavy atom. The third-order valence-corrected chi connectivity index (χ3v) is 4.47. The lowest BCUT2D eigenvalue weighted by atomic mass is 10.1. The number of benzene rings is 2. The van der Waals surface area contributed by atoms with Gasteiger partial charge >= 0.3 is 5.97 Å². The molecule has 1 aromatic heterocycles. The highest BCUT2D eigenvalue weighted by Crippen LogP contribution is 2.19. The summed E-state index contributed by atoms with van der Waals surface area (Å²) in [5.41, 5.74) is 3.53. The molecular weight excluding hydrogens is 366 g/mol. The fraction of sp³-hybridized carbons (Fsp3) is 0.174. The number of carbonyl (C=O) groups excluding carboxylic acids is 2. The zero-order valence-electron chi connectivity index (χ0n) is 16.5. The van der Waals surface area contributed by atoms with Crippen molar-refractivity contribution in [2.24, 2.45) is 0 Å². The van der Waals surface area contributed by atoms with E-state index in [-0.39, 0.29) is 11.9 Å². The molecule has 0 aliphatic carbocycles. The third-order valence-electron chi connectivity index (χ3n) is 4.47. The maximum absolute atomic E-state index is 12.9. The summed E-state index contributed by atoms with van der Waals surface area (Å²) in [7, 11) is 1.35. The fourth-order valence-corrected chi connectivity index (χ4v) is 2.91. The van der Waals surface area contributed by atoms with Crippen molar-refractivity contribution in [1.29, 1.82) is 0 Å². The van der Waals surface area contributed by atoms with Crippen LogP contribution in [-0.4, -0.2) is 35.4 Å². The Balaban J connectivity index is 1.72. The van der Waals surface area contributed by atoms with Crippen LogP contribution in [0.15, 0.2) is 73.1 Å². The minimum atomic E-state index is -0.385. The van der Waals surface area contributed by atoms with E-state index in [4.69, 9.17) is 4.74 Å². The molecule has 1 heterocycles. The van der Waals surface area contributed by atoms with Crippen molar-refractivity contribution in [3.63, 3.8) is 0 Å². The second-order valence-corrected chi connectivity index (χ2v) is 6.46. The average molecular weight is 389 g/mol. The minimum absolute atomic E-state index is 0.0754. The summed E-state index contributed by atoms with van der Waals surface area (Å²) in [6.45, 7) is 3.10. The molecule has 3 rings (SSSR count). The molecule has 29 heavy (non-hydrogen) atoms. The van der Waals surface area contributed by atoms with Crippen LogP contribution < -0.4 is 5.32 Å². The number of nitrogens with one attached hydrogen (secondary N) is 1.